The summed E-state index contributed by atoms with van der Waals surface area (Å²) in [6, 6.07) is 14.8. The van der Waals surface area contributed by atoms with E-state index in [1.165, 1.54) is 29.8 Å². The predicted molar refractivity (Wildman–Crippen MR) is 141 cm³/mol. The molecule has 0 bridgehead atoms. The molecule has 9 nitrogen and oxygen atoms in total. The van der Waals surface area contributed by atoms with E-state index < -0.39 is 38.1 Å². The van der Waals surface area contributed by atoms with Crippen LogP contribution in [0, 0.1) is 6.92 Å². The van der Waals surface area contributed by atoms with E-state index in [0.29, 0.717) is 16.0 Å². The van der Waals surface area contributed by atoms with Crippen LogP contribution in [0.25, 0.3) is 10.9 Å². The van der Waals surface area contributed by atoms with Crippen molar-refractivity contribution in [3.8, 4) is 0 Å². The molecule has 2 aromatic heterocycles. The van der Waals surface area contributed by atoms with Gasteiger partial charge >= 0.3 is 5.97 Å². The van der Waals surface area contributed by atoms with Crippen LogP contribution in [0.2, 0.25) is 0 Å². The Labute approximate surface area is 218 Å². The molecular weight excluding hydrogens is 506 g/mol. The number of rotatable bonds is 4. The number of carboxylic acid groups (broad SMARTS) is 1. The maximum atomic E-state index is 13.8. The first kappa shape index (κ1) is 24.2. The number of hydrogen-bond acceptors (Lipinski definition) is 5. The van der Waals surface area contributed by atoms with Crippen molar-refractivity contribution < 1.29 is 23.1 Å². The molecule has 1 fully saturated rings. The SMILES string of the molecule is Cc1ccc(S(=O)(=O)n2c(C(=O)O)cc3c([C@]4(C)C[C@@]45C(=O)N(C)c4ccccc45)cn(C)c(=O)c32)cc1. The summed E-state index contributed by atoms with van der Waals surface area (Å²) in [6.07, 6.45) is 2.04. The standard InChI is InChI=1S/C28H25N3O6S/c1-16-9-11-17(12-10-16)38(36,37)31-22(25(33)34)13-18-20(14-29(3)24(32)23(18)31)27(2)15-28(27)19-7-5-6-8-21(19)30(4)26(28)35/h5-14H,15H2,1-4H3,(H,33,34)/t27-,28+/m0/s1. The van der Waals surface area contributed by atoms with Crippen molar-refractivity contribution in [1.29, 1.82) is 0 Å². The smallest absolute Gasteiger partial charge is 0.353 e. The van der Waals surface area contributed by atoms with E-state index in [1.807, 2.05) is 31.2 Å². The lowest BCUT2D eigenvalue weighted by molar-refractivity contribution is -0.120. The minimum atomic E-state index is -4.44. The van der Waals surface area contributed by atoms with Crippen molar-refractivity contribution in [1.82, 2.24) is 8.54 Å². The molecule has 1 amide bonds. The molecule has 1 aliphatic carbocycles. The zero-order valence-electron chi connectivity index (χ0n) is 21.2. The van der Waals surface area contributed by atoms with Crippen molar-refractivity contribution in [3.05, 3.63) is 93.5 Å². The van der Waals surface area contributed by atoms with Gasteiger partial charge in [0.25, 0.3) is 15.6 Å². The minimum absolute atomic E-state index is 0.0895. The van der Waals surface area contributed by atoms with Gasteiger partial charge in [-0.15, -0.1) is 0 Å². The summed E-state index contributed by atoms with van der Waals surface area (Å²) in [7, 11) is -1.23. The highest BCUT2D eigenvalue weighted by atomic mass is 32.2. The number of carbonyl (C=O) groups excluding carboxylic acids is 1. The van der Waals surface area contributed by atoms with Gasteiger partial charge in [0.05, 0.1) is 10.3 Å². The molecule has 4 aromatic rings. The molecule has 0 radical (unpaired) electrons. The van der Waals surface area contributed by atoms with Crippen LogP contribution in [0.3, 0.4) is 0 Å². The molecule has 1 saturated carbocycles. The lowest BCUT2D eigenvalue weighted by Crippen LogP contribution is -2.34. The lowest BCUT2D eigenvalue weighted by atomic mass is 9.83. The zero-order chi connectivity index (χ0) is 27.4. The number of hydrogen-bond donors (Lipinski definition) is 1. The molecule has 1 aliphatic heterocycles. The predicted octanol–water partition coefficient (Wildman–Crippen LogP) is 3.16. The van der Waals surface area contributed by atoms with Crippen molar-refractivity contribution in [3.63, 3.8) is 0 Å². The summed E-state index contributed by atoms with van der Waals surface area (Å²) in [5.74, 6) is -1.57. The van der Waals surface area contributed by atoms with Gasteiger partial charge in [-0.25, -0.2) is 17.2 Å². The summed E-state index contributed by atoms with van der Waals surface area (Å²) < 4.78 is 29.5. The Morgan fingerprint density at radius 2 is 1.66 bits per heavy atom. The largest absolute Gasteiger partial charge is 0.477 e. The number of fused-ring (bicyclic) bond motifs is 3. The fraction of sp³-hybridized carbons (Fsp3) is 0.250. The Morgan fingerprint density at radius 3 is 2.32 bits per heavy atom. The second kappa shape index (κ2) is 7.44. The highest BCUT2D eigenvalue weighted by molar-refractivity contribution is 7.90. The van der Waals surface area contributed by atoms with Gasteiger partial charge in [-0.2, -0.15) is 0 Å². The molecule has 2 aromatic carbocycles. The van der Waals surface area contributed by atoms with Crippen molar-refractivity contribution in [2.45, 2.75) is 36.0 Å². The molecule has 1 spiro atoms. The first-order valence-corrected chi connectivity index (χ1v) is 13.5. The van der Waals surface area contributed by atoms with Gasteiger partial charge in [-0.05, 0) is 48.7 Å². The number of benzene rings is 2. The van der Waals surface area contributed by atoms with Crippen LogP contribution in [0.5, 0.6) is 0 Å². The van der Waals surface area contributed by atoms with Gasteiger partial charge in [-0.1, -0.05) is 42.8 Å². The Bertz CT molecular complexity index is 1890. The number of nitrogens with zero attached hydrogens (tertiary/aromatic N) is 3. The second-order valence-electron chi connectivity index (χ2n) is 10.4. The molecule has 6 rings (SSSR count). The molecule has 1 N–H and O–H groups in total. The van der Waals surface area contributed by atoms with Gasteiger partial charge in [0.2, 0.25) is 5.91 Å². The summed E-state index contributed by atoms with van der Waals surface area (Å²) in [6.45, 7) is 3.71. The Hall–Kier alpha value is -4.18. The topological polar surface area (TPSA) is 119 Å². The first-order chi connectivity index (χ1) is 17.9. The molecule has 2 atom stereocenters. The number of likely N-dealkylation sites (N-methyl/N-ethyl adjacent to an activating group) is 1. The third-order valence-electron chi connectivity index (χ3n) is 8.30. The summed E-state index contributed by atoms with van der Waals surface area (Å²) in [4.78, 5) is 40.9. The normalized spacial score (nSPS) is 22.3. The average Bonchev–Trinajstić information content (AvgIpc) is 3.22. The van der Waals surface area contributed by atoms with Crippen LogP contribution in [0.1, 0.15) is 40.5 Å². The van der Waals surface area contributed by atoms with Crippen molar-refractivity contribution in [2.24, 2.45) is 7.05 Å². The lowest BCUT2D eigenvalue weighted by Gasteiger charge is -2.20. The number of aromatic carboxylic acids is 1. The summed E-state index contributed by atoms with van der Waals surface area (Å²) >= 11 is 0. The Kier molecular flexibility index (Phi) is 4.73. The fourth-order valence-corrected chi connectivity index (χ4v) is 7.69. The summed E-state index contributed by atoms with van der Waals surface area (Å²) in [5.41, 5.74) is -0.105. The summed E-state index contributed by atoms with van der Waals surface area (Å²) in [5, 5.41) is 10.3. The molecule has 10 heteroatoms. The van der Waals surface area contributed by atoms with Crippen LogP contribution in [0.15, 0.2) is 70.5 Å². The van der Waals surface area contributed by atoms with Crippen molar-refractivity contribution >= 4 is 38.5 Å². The van der Waals surface area contributed by atoms with Crippen LogP contribution >= 0.6 is 0 Å². The highest BCUT2D eigenvalue weighted by Gasteiger charge is 2.74. The zero-order valence-corrected chi connectivity index (χ0v) is 22.0. The van der Waals surface area contributed by atoms with Gasteiger partial charge < -0.3 is 14.6 Å². The van der Waals surface area contributed by atoms with Gasteiger partial charge in [0, 0.05) is 36.8 Å². The monoisotopic (exact) mass is 531 g/mol. The van der Waals surface area contributed by atoms with E-state index in [0.717, 1.165) is 16.8 Å². The van der Waals surface area contributed by atoms with Crippen LogP contribution in [-0.2, 0) is 32.7 Å². The number of carboxylic acids is 1. The quantitative estimate of drug-likeness (QED) is 0.432. The molecule has 0 saturated heterocycles. The maximum Gasteiger partial charge on any atom is 0.353 e. The molecule has 2 aliphatic rings. The molecule has 194 valence electrons. The second-order valence-corrected chi connectivity index (χ2v) is 12.2. The minimum Gasteiger partial charge on any atom is -0.477 e. The van der Waals surface area contributed by atoms with E-state index in [-0.39, 0.29) is 21.7 Å². The average molecular weight is 532 g/mol. The number of aromatic nitrogens is 2. The van der Waals surface area contributed by atoms with E-state index in [1.54, 1.807) is 37.2 Å². The number of aryl methyl sites for hydroxylation is 2. The van der Waals surface area contributed by atoms with E-state index in [9.17, 15) is 27.9 Å². The number of pyridine rings is 1. The van der Waals surface area contributed by atoms with Gasteiger partial charge in [-0.3, -0.25) is 9.59 Å². The van der Waals surface area contributed by atoms with Gasteiger partial charge in [0.1, 0.15) is 11.2 Å². The first-order valence-electron chi connectivity index (χ1n) is 12.0. The molecular formula is C28H25N3O6S. The Balaban J connectivity index is 1.67. The highest BCUT2D eigenvalue weighted by Crippen LogP contribution is 2.70. The third-order valence-corrected chi connectivity index (χ3v) is 10.0. The van der Waals surface area contributed by atoms with Gasteiger partial charge in [0.15, 0.2) is 0 Å². The molecule has 0 unspecified atom stereocenters. The number of amides is 1. The Morgan fingerprint density at radius 1 is 1.00 bits per heavy atom. The number of para-hydroxylation sites is 1. The fourth-order valence-electron chi connectivity index (χ4n) is 6.20. The molecule has 38 heavy (non-hydrogen) atoms. The van der Waals surface area contributed by atoms with E-state index >= 15 is 0 Å². The van der Waals surface area contributed by atoms with Crippen LogP contribution in [-0.4, -0.2) is 41.0 Å². The van der Waals surface area contributed by atoms with Crippen LogP contribution in [0.4, 0.5) is 5.69 Å². The number of anilines is 1. The van der Waals surface area contributed by atoms with E-state index in [2.05, 4.69) is 0 Å². The van der Waals surface area contributed by atoms with Crippen molar-refractivity contribution in [2.75, 3.05) is 11.9 Å². The maximum absolute atomic E-state index is 13.8. The number of carbonyl (C=O) groups is 2. The third kappa shape index (κ3) is 2.80. The van der Waals surface area contributed by atoms with E-state index in [4.69, 9.17) is 0 Å². The molecule has 3 heterocycles. The van der Waals surface area contributed by atoms with Crippen LogP contribution < -0.4 is 10.5 Å².